The summed E-state index contributed by atoms with van der Waals surface area (Å²) in [5.74, 6) is 1.12. The minimum Gasteiger partial charge on any atom is -0.481 e. The molecular formula is C17H13ClFN3O2. The summed E-state index contributed by atoms with van der Waals surface area (Å²) in [5.41, 5.74) is 1.25. The summed E-state index contributed by atoms with van der Waals surface area (Å²) in [4.78, 5) is 8.53. The molecule has 1 aromatic carbocycles. The van der Waals surface area contributed by atoms with E-state index in [9.17, 15) is 4.39 Å². The lowest BCUT2D eigenvalue weighted by Gasteiger charge is -2.03. The van der Waals surface area contributed by atoms with E-state index in [-0.39, 0.29) is 17.7 Å². The van der Waals surface area contributed by atoms with E-state index < -0.39 is 0 Å². The Morgan fingerprint density at radius 3 is 2.83 bits per heavy atom. The highest BCUT2D eigenvalue weighted by molar-refractivity contribution is 6.31. The highest BCUT2D eigenvalue weighted by atomic mass is 35.5. The van der Waals surface area contributed by atoms with Crippen molar-refractivity contribution in [3.63, 3.8) is 0 Å². The molecule has 24 heavy (non-hydrogen) atoms. The van der Waals surface area contributed by atoms with E-state index in [0.29, 0.717) is 28.2 Å². The van der Waals surface area contributed by atoms with Gasteiger partial charge in [0, 0.05) is 40.2 Å². The summed E-state index contributed by atoms with van der Waals surface area (Å²) in [6, 6.07) is 8.24. The molecule has 2 heterocycles. The molecule has 1 fully saturated rings. The van der Waals surface area contributed by atoms with E-state index in [0.717, 1.165) is 12.0 Å². The molecule has 122 valence electrons. The van der Waals surface area contributed by atoms with Crippen LogP contribution in [0.5, 0.6) is 5.88 Å². The molecule has 7 heteroatoms. The second-order valence-corrected chi connectivity index (χ2v) is 6.04. The van der Waals surface area contributed by atoms with E-state index in [1.165, 1.54) is 6.07 Å². The van der Waals surface area contributed by atoms with E-state index in [2.05, 4.69) is 15.1 Å². The average Bonchev–Trinajstić information content (AvgIpc) is 3.21. The van der Waals surface area contributed by atoms with Crippen LogP contribution in [0.15, 0.2) is 41.1 Å². The van der Waals surface area contributed by atoms with Crippen molar-refractivity contribution < 1.29 is 13.7 Å². The van der Waals surface area contributed by atoms with E-state index in [1.54, 1.807) is 37.6 Å². The SMILES string of the molecule is COc1ccc(-c2noc([C@@H]3C[C@@H]3c3c(F)cccc3Cl)n2)cn1. The fraction of sp³-hybridized carbons (Fsp3) is 0.235. The van der Waals surface area contributed by atoms with Gasteiger partial charge in [0.1, 0.15) is 5.82 Å². The Balaban J connectivity index is 1.56. The minimum atomic E-state index is -0.297. The molecule has 0 radical (unpaired) electrons. The molecule has 2 atom stereocenters. The van der Waals surface area contributed by atoms with Gasteiger partial charge in [0.25, 0.3) is 0 Å². The summed E-state index contributed by atoms with van der Waals surface area (Å²) >= 11 is 6.12. The minimum absolute atomic E-state index is 0.00754. The van der Waals surface area contributed by atoms with Gasteiger partial charge in [0.2, 0.25) is 17.6 Å². The largest absolute Gasteiger partial charge is 0.481 e. The molecule has 5 nitrogen and oxygen atoms in total. The number of aromatic nitrogens is 3. The first-order chi connectivity index (χ1) is 11.7. The van der Waals surface area contributed by atoms with Crippen LogP contribution in [-0.4, -0.2) is 22.2 Å². The summed E-state index contributed by atoms with van der Waals surface area (Å²) in [5, 5.41) is 4.41. The molecule has 0 saturated heterocycles. The highest BCUT2D eigenvalue weighted by Crippen LogP contribution is 2.56. The van der Waals surface area contributed by atoms with Crippen LogP contribution in [0, 0.1) is 5.82 Å². The monoisotopic (exact) mass is 345 g/mol. The highest BCUT2D eigenvalue weighted by Gasteiger charge is 2.46. The Morgan fingerprint density at radius 2 is 2.12 bits per heavy atom. The van der Waals surface area contributed by atoms with Crippen molar-refractivity contribution in [3.05, 3.63) is 58.8 Å². The maximum atomic E-state index is 14.0. The van der Waals surface area contributed by atoms with Gasteiger partial charge in [0.15, 0.2) is 0 Å². The zero-order chi connectivity index (χ0) is 16.7. The number of rotatable bonds is 4. The molecule has 3 aromatic rings. The molecule has 0 aliphatic heterocycles. The van der Waals surface area contributed by atoms with Crippen molar-refractivity contribution in [2.45, 2.75) is 18.3 Å². The first kappa shape index (κ1) is 15.1. The van der Waals surface area contributed by atoms with Crippen molar-refractivity contribution in [2.24, 2.45) is 0 Å². The summed E-state index contributed by atoms with van der Waals surface area (Å²) in [6.45, 7) is 0. The Kier molecular flexibility index (Phi) is 3.69. The molecule has 0 amide bonds. The summed E-state index contributed by atoms with van der Waals surface area (Å²) in [6.07, 6.45) is 2.36. The third kappa shape index (κ3) is 2.63. The molecule has 0 spiro atoms. The maximum absolute atomic E-state index is 14.0. The number of methoxy groups -OCH3 is 1. The second-order valence-electron chi connectivity index (χ2n) is 5.63. The molecule has 4 rings (SSSR count). The van der Waals surface area contributed by atoms with Crippen molar-refractivity contribution in [2.75, 3.05) is 7.11 Å². The van der Waals surface area contributed by atoms with Crippen LogP contribution in [-0.2, 0) is 0 Å². The van der Waals surface area contributed by atoms with Crippen LogP contribution in [0.4, 0.5) is 4.39 Å². The number of hydrogen-bond donors (Lipinski definition) is 0. The standard InChI is InChI=1S/C17H13ClFN3O2/c1-23-14-6-5-9(8-20-14)16-21-17(24-22-16)11-7-10(11)15-12(18)3-2-4-13(15)19/h2-6,8,10-11H,7H2,1H3/t10-,11+/m0/s1. The van der Waals surface area contributed by atoms with Gasteiger partial charge in [-0.3, -0.25) is 0 Å². The van der Waals surface area contributed by atoms with Crippen LogP contribution in [0.25, 0.3) is 11.4 Å². The van der Waals surface area contributed by atoms with Crippen LogP contribution >= 0.6 is 11.6 Å². The van der Waals surface area contributed by atoms with Gasteiger partial charge in [-0.1, -0.05) is 22.8 Å². The Morgan fingerprint density at radius 1 is 1.25 bits per heavy atom. The van der Waals surface area contributed by atoms with Crippen LogP contribution in [0.1, 0.15) is 29.7 Å². The Labute approximate surface area is 142 Å². The van der Waals surface area contributed by atoms with Gasteiger partial charge in [-0.05, 0) is 24.6 Å². The van der Waals surface area contributed by atoms with Crippen molar-refractivity contribution >= 4 is 11.6 Å². The predicted octanol–water partition coefficient (Wildman–Crippen LogP) is 4.20. The van der Waals surface area contributed by atoms with Crippen LogP contribution < -0.4 is 4.74 Å². The molecule has 1 aliphatic carbocycles. The number of pyridine rings is 1. The van der Waals surface area contributed by atoms with E-state index in [1.807, 2.05) is 0 Å². The number of halogens is 2. The Hall–Kier alpha value is -2.47. The number of nitrogens with zero attached hydrogens (tertiary/aromatic N) is 3. The lowest BCUT2D eigenvalue weighted by Crippen LogP contribution is -1.91. The van der Waals surface area contributed by atoms with Crippen molar-refractivity contribution in [1.29, 1.82) is 0 Å². The topological polar surface area (TPSA) is 61.0 Å². The second kappa shape index (κ2) is 5.87. The lowest BCUT2D eigenvalue weighted by atomic mass is 10.1. The van der Waals surface area contributed by atoms with E-state index >= 15 is 0 Å². The van der Waals surface area contributed by atoms with Gasteiger partial charge in [-0.15, -0.1) is 0 Å². The quantitative estimate of drug-likeness (QED) is 0.709. The zero-order valence-corrected chi connectivity index (χ0v) is 13.5. The first-order valence-corrected chi connectivity index (χ1v) is 7.83. The molecule has 1 aliphatic rings. The summed E-state index contributed by atoms with van der Waals surface area (Å²) < 4.78 is 24.4. The molecule has 1 saturated carbocycles. The van der Waals surface area contributed by atoms with Gasteiger partial charge in [-0.25, -0.2) is 9.37 Å². The van der Waals surface area contributed by atoms with Gasteiger partial charge < -0.3 is 9.26 Å². The van der Waals surface area contributed by atoms with Crippen molar-refractivity contribution in [3.8, 4) is 17.3 Å². The third-order valence-corrected chi connectivity index (χ3v) is 4.45. The fourth-order valence-corrected chi connectivity index (χ4v) is 3.09. The smallest absolute Gasteiger partial charge is 0.230 e. The molecular weight excluding hydrogens is 333 g/mol. The van der Waals surface area contributed by atoms with Crippen molar-refractivity contribution in [1.82, 2.24) is 15.1 Å². The normalized spacial score (nSPS) is 19.3. The van der Waals surface area contributed by atoms with E-state index in [4.69, 9.17) is 20.9 Å². The Bertz CT molecular complexity index is 862. The number of hydrogen-bond acceptors (Lipinski definition) is 5. The molecule has 2 aromatic heterocycles. The third-order valence-electron chi connectivity index (χ3n) is 4.12. The average molecular weight is 346 g/mol. The molecule has 0 unspecified atom stereocenters. The molecule has 0 N–H and O–H groups in total. The lowest BCUT2D eigenvalue weighted by molar-refractivity contribution is 0.378. The van der Waals surface area contributed by atoms with Gasteiger partial charge >= 0.3 is 0 Å². The predicted molar refractivity (Wildman–Crippen MR) is 85.6 cm³/mol. The van der Waals surface area contributed by atoms with Crippen LogP contribution in [0.2, 0.25) is 5.02 Å². The zero-order valence-electron chi connectivity index (χ0n) is 12.7. The van der Waals surface area contributed by atoms with Gasteiger partial charge in [-0.2, -0.15) is 4.98 Å². The summed E-state index contributed by atoms with van der Waals surface area (Å²) in [7, 11) is 1.55. The first-order valence-electron chi connectivity index (χ1n) is 7.45. The molecule has 0 bridgehead atoms. The maximum Gasteiger partial charge on any atom is 0.230 e. The van der Waals surface area contributed by atoms with Crippen LogP contribution in [0.3, 0.4) is 0 Å². The van der Waals surface area contributed by atoms with Gasteiger partial charge in [0.05, 0.1) is 7.11 Å². The number of benzene rings is 1. The fourth-order valence-electron chi connectivity index (χ4n) is 2.79. The number of ether oxygens (including phenoxy) is 1.